The summed E-state index contributed by atoms with van der Waals surface area (Å²) in [7, 11) is 1.34. The molecule has 0 aliphatic carbocycles. The number of fused-ring (bicyclic) bond motifs is 2. The zero-order valence-electron chi connectivity index (χ0n) is 13.8. The maximum absolute atomic E-state index is 11.7. The van der Waals surface area contributed by atoms with Gasteiger partial charge in [-0.3, -0.25) is 0 Å². The van der Waals surface area contributed by atoms with Gasteiger partial charge in [0.05, 0.1) is 29.7 Å². The number of carbonyl (C=O) groups is 1. The summed E-state index contributed by atoms with van der Waals surface area (Å²) >= 11 is 0. The Morgan fingerprint density at radius 2 is 2.04 bits per heavy atom. The Hall–Kier alpha value is -3.12. The molecule has 0 fully saturated rings. The number of carbonyl (C=O) groups excluding carboxylic acids is 1. The molecule has 1 aliphatic heterocycles. The largest absolute Gasteiger partial charge is 0.465 e. The molecular formula is C19H17N3O3. The summed E-state index contributed by atoms with van der Waals surface area (Å²) in [5.74, 6) is -0.424. The number of H-pyrrole nitrogens is 1. The number of aliphatic imine (C=N–C) groups is 1. The molecule has 1 atom stereocenters. The number of aryl methyl sites for hydroxylation is 1. The average molecular weight is 335 g/mol. The van der Waals surface area contributed by atoms with Crippen molar-refractivity contribution >= 4 is 34.0 Å². The summed E-state index contributed by atoms with van der Waals surface area (Å²) < 4.78 is 4.76. The van der Waals surface area contributed by atoms with Crippen molar-refractivity contribution in [3.8, 4) is 0 Å². The first-order valence-corrected chi connectivity index (χ1v) is 7.91. The van der Waals surface area contributed by atoms with Crippen LogP contribution in [0.3, 0.4) is 0 Å². The predicted molar refractivity (Wildman–Crippen MR) is 96.6 cm³/mol. The normalized spacial score (nSPS) is 16.1. The molecule has 126 valence electrons. The smallest absolute Gasteiger partial charge is 0.337 e. The van der Waals surface area contributed by atoms with Gasteiger partial charge in [0, 0.05) is 10.9 Å². The van der Waals surface area contributed by atoms with Gasteiger partial charge in [-0.25, -0.2) is 9.79 Å². The van der Waals surface area contributed by atoms with Gasteiger partial charge >= 0.3 is 5.97 Å². The summed E-state index contributed by atoms with van der Waals surface area (Å²) in [6, 6.07) is 12.9. The first-order valence-electron chi connectivity index (χ1n) is 7.91. The van der Waals surface area contributed by atoms with Gasteiger partial charge in [-0.1, -0.05) is 18.2 Å². The van der Waals surface area contributed by atoms with E-state index in [-0.39, 0.29) is 0 Å². The van der Waals surface area contributed by atoms with Gasteiger partial charge < -0.3 is 20.1 Å². The lowest BCUT2D eigenvalue weighted by molar-refractivity contribution is 0.0601. The number of nitrogens with one attached hydrogen (secondary N) is 2. The van der Waals surface area contributed by atoms with Gasteiger partial charge in [0.15, 0.2) is 6.23 Å². The number of aliphatic hydroxyl groups excluding tert-OH is 1. The summed E-state index contributed by atoms with van der Waals surface area (Å²) in [4.78, 5) is 19.7. The molecule has 4 rings (SSSR count). The number of anilines is 1. The van der Waals surface area contributed by atoms with E-state index >= 15 is 0 Å². The van der Waals surface area contributed by atoms with Crippen molar-refractivity contribution < 1.29 is 14.6 Å². The number of aliphatic hydroxyl groups is 1. The lowest BCUT2D eigenvalue weighted by atomic mass is 10.1. The molecule has 1 aliphatic rings. The molecule has 3 N–H and O–H groups in total. The van der Waals surface area contributed by atoms with E-state index in [0.29, 0.717) is 22.6 Å². The number of aromatic nitrogens is 1. The number of para-hydroxylation sites is 1. The zero-order valence-corrected chi connectivity index (χ0v) is 13.8. The molecule has 0 saturated carbocycles. The molecule has 25 heavy (non-hydrogen) atoms. The van der Waals surface area contributed by atoms with Crippen LogP contribution < -0.4 is 5.32 Å². The van der Waals surface area contributed by atoms with Gasteiger partial charge in [0.25, 0.3) is 0 Å². The van der Waals surface area contributed by atoms with Crippen LogP contribution in [0.25, 0.3) is 10.9 Å². The molecule has 6 heteroatoms. The quantitative estimate of drug-likeness (QED) is 0.628. The van der Waals surface area contributed by atoms with Crippen molar-refractivity contribution in [2.75, 3.05) is 12.4 Å². The summed E-state index contributed by atoms with van der Waals surface area (Å²) in [6.45, 7) is 1.99. The van der Waals surface area contributed by atoms with E-state index in [0.717, 1.165) is 22.2 Å². The third kappa shape index (κ3) is 2.47. The Morgan fingerprint density at radius 3 is 2.80 bits per heavy atom. The minimum absolute atomic E-state index is 0.413. The van der Waals surface area contributed by atoms with Crippen molar-refractivity contribution in [3.63, 3.8) is 0 Å². The van der Waals surface area contributed by atoms with Crippen LogP contribution in [0.15, 0.2) is 47.5 Å². The molecule has 0 amide bonds. The second-order valence-electron chi connectivity index (χ2n) is 5.94. The summed E-state index contributed by atoms with van der Waals surface area (Å²) in [5.41, 5.74) is 4.93. The van der Waals surface area contributed by atoms with Crippen molar-refractivity contribution in [2.24, 2.45) is 4.99 Å². The number of esters is 1. The molecule has 2 aromatic carbocycles. The minimum Gasteiger partial charge on any atom is -0.465 e. The average Bonchev–Trinajstić information content (AvgIpc) is 2.97. The molecule has 0 spiro atoms. The van der Waals surface area contributed by atoms with Crippen LogP contribution in [0.1, 0.15) is 21.6 Å². The molecule has 1 unspecified atom stereocenters. The first kappa shape index (κ1) is 15.4. The van der Waals surface area contributed by atoms with E-state index in [1.807, 2.05) is 31.2 Å². The van der Waals surface area contributed by atoms with Crippen molar-refractivity contribution in [3.05, 3.63) is 59.3 Å². The van der Waals surface area contributed by atoms with E-state index < -0.39 is 12.2 Å². The molecule has 1 aromatic heterocycles. The standard InChI is InChI=1S/C19H17N3O3/c1-10-12-5-3-4-6-13(12)20-16(10)17-18(23)22-14-8-7-11(19(24)25-2)9-15(14)21-17/h3-9,18,20,22-23H,1-2H3. The van der Waals surface area contributed by atoms with Gasteiger partial charge in [-0.05, 0) is 36.8 Å². The number of methoxy groups -OCH3 is 1. The SMILES string of the molecule is COC(=O)c1ccc2c(c1)N=C(c1[nH]c3ccccc3c1C)C(O)N2. The highest BCUT2D eigenvalue weighted by molar-refractivity contribution is 6.11. The van der Waals surface area contributed by atoms with Crippen LogP contribution >= 0.6 is 0 Å². The number of nitrogens with zero attached hydrogens (tertiary/aromatic N) is 1. The van der Waals surface area contributed by atoms with Crippen LogP contribution in [-0.2, 0) is 4.74 Å². The predicted octanol–water partition coefficient (Wildman–Crippen LogP) is 3.13. The lowest BCUT2D eigenvalue weighted by Gasteiger charge is -2.23. The number of ether oxygens (including phenoxy) is 1. The van der Waals surface area contributed by atoms with Gasteiger partial charge in [0.1, 0.15) is 5.71 Å². The third-order valence-electron chi connectivity index (χ3n) is 4.43. The fourth-order valence-corrected chi connectivity index (χ4v) is 3.13. The highest BCUT2D eigenvalue weighted by atomic mass is 16.5. The summed E-state index contributed by atoms with van der Waals surface area (Å²) in [6.07, 6.45) is -0.941. The molecule has 2 heterocycles. The number of hydrogen-bond donors (Lipinski definition) is 3. The fraction of sp³-hybridized carbons (Fsp3) is 0.158. The van der Waals surface area contributed by atoms with Crippen LogP contribution in [0.2, 0.25) is 0 Å². The number of aromatic amines is 1. The van der Waals surface area contributed by atoms with Crippen LogP contribution in [0.5, 0.6) is 0 Å². The Balaban J connectivity index is 1.85. The lowest BCUT2D eigenvalue weighted by Crippen LogP contribution is -2.33. The van der Waals surface area contributed by atoms with Crippen LogP contribution in [-0.4, -0.2) is 35.1 Å². The molecule has 0 radical (unpaired) electrons. The molecule has 0 bridgehead atoms. The molecular weight excluding hydrogens is 318 g/mol. The van der Waals surface area contributed by atoms with Crippen LogP contribution in [0.4, 0.5) is 11.4 Å². The van der Waals surface area contributed by atoms with E-state index in [1.54, 1.807) is 18.2 Å². The monoisotopic (exact) mass is 335 g/mol. The van der Waals surface area contributed by atoms with Crippen molar-refractivity contribution in [2.45, 2.75) is 13.2 Å². The van der Waals surface area contributed by atoms with Crippen molar-refractivity contribution in [1.29, 1.82) is 0 Å². The minimum atomic E-state index is -0.941. The van der Waals surface area contributed by atoms with E-state index in [1.165, 1.54) is 7.11 Å². The van der Waals surface area contributed by atoms with Gasteiger partial charge in [0.2, 0.25) is 0 Å². The number of rotatable bonds is 2. The molecule has 3 aromatic rings. The highest BCUT2D eigenvalue weighted by Gasteiger charge is 2.25. The van der Waals surface area contributed by atoms with Crippen LogP contribution in [0, 0.1) is 6.92 Å². The Bertz CT molecular complexity index is 1020. The maximum Gasteiger partial charge on any atom is 0.337 e. The topological polar surface area (TPSA) is 86.7 Å². The maximum atomic E-state index is 11.7. The van der Waals surface area contributed by atoms with E-state index in [2.05, 4.69) is 15.3 Å². The Morgan fingerprint density at radius 1 is 1.24 bits per heavy atom. The molecule has 6 nitrogen and oxygen atoms in total. The van der Waals surface area contributed by atoms with Gasteiger partial charge in [-0.15, -0.1) is 0 Å². The Kier molecular flexibility index (Phi) is 3.54. The second kappa shape index (κ2) is 5.75. The Labute approximate surface area is 144 Å². The third-order valence-corrected chi connectivity index (χ3v) is 4.43. The first-order chi connectivity index (χ1) is 12.1. The molecule has 0 saturated heterocycles. The van der Waals surface area contributed by atoms with Gasteiger partial charge in [-0.2, -0.15) is 0 Å². The fourth-order valence-electron chi connectivity index (χ4n) is 3.13. The van der Waals surface area contributed by atoms with E-state index in [4.69, 9.17) is 4.74 Å². The zero-order chi connectivity index (χ0) is 17.6. The highest BCUT2D eigenvalue weighted by Crippen LogP contribution is 2.33. The second-order valence-corrected chi connectivity index (χ2v) is 5.94. The summed E-state index contributed by atoms with van der Waals surface area (Å²) in [5, 5.41) is 14.6. The number of benzene rings is 2. The van der Waals surface area contributed by atoms with Crippen molar-refractivity contribution in [1.82, 2.24) is 4.98 Å². The number of hydrogen-bond acceptors (Lipinski definition) is 5. The van der Waals surface area contributed by atoms with E-state index in [9.17, 15) is 9.90 Å².